The number of hydrogen-bond acceptors (Lipinski definition) is 2. The minimum absolute atomic E-state index is 0.0503. The van der Waals surface area contributed by atoms with E-state index < -0.39 is 17.6 Å². The molecule has 0 radical (unpaired) electrons. The van der Waals surface area contributed by atoms with Gasteiger partial charge in [0.2, 0.25) is 0 Å². The number of aromatic nitrogens is 2. The molecule has 0 spiro atoms. The average Bonchev–Trinajstić information content (AvgIpc) is 2.83. The summed E-state index contributed by atoms with van der Waals surface area (Å²) < 4.78 is 28.1. The molecule has 1 aliphatic carbocycles. The van der Waals surface area contributed by atoms with Gasteiger partial charge in [-0.2, -0.15) is 0 Å². The summed E-state index contributed by atoms with van der Waals surface area (Å²) in [6.45, 7) is 3.82. The molecule has 1 saturated carbocycles. The predicted octanol–water partition coefficient (Wildman–Crippen LogP) is 2.91. The van der Waals surface area contributed by atoms with Gasteiger partial charge in [-0.3, -0.25) is 4.79 Å². The topological polar surface area (TPSA) is 55.1 Å². The number of carbonyl (C=O) groups is 1. The number of fused-ring (bicyclic) bond motifs is 1. The van der Waals surface area contributed by atoms with Crippen molar-refractivity contribution in [2.45, 2.75) is 32.7 Å². The van der Waals surface area contributed by atoms with E-state index in [2.05, 4.69) is 18.8 Å². The fourth-order valence-corrected chi connectivity index (χ4v) is 2.61. The summed E-state index contributed by atoms with van der Waals surface area (Å²) in [6.07, 6.45) is 0.890. The van der Waals surface area contributed by atoms with E-state index >= 15 is 0 Å². The highest BCUT2D eigenvalue weighted by atomic mass is 19.2. The molecule has 1 N–H and O–H groups in total. The van der Waals surface area contributed by atoms with Gasteiger partial charge in [-0.15, -0.1) is 0 Å². The van der Waals surface area contributed by atoms with E-state index in [-0.39, 0.29) is 17.9 Å². The van der Waals surface area contributed by atoms with Gasteiger partial charge in [-0.05, 0) is 11.8 Å². The molecule has 1 aromatic heterocycles. The summed E-state index contributed by atoms with van der Waals surface area (Å²) in [5.41, 5.74) is 0.668. The van der Waals surface area contributed by atoms with Gasteiger partial charge in [0.05, 0.1) is 11.0 Å². The van der Waals surface area contributed by atoms with Crippen LogP contribution in [-0.4, -0.2) is 20.6 Å². The van der Waals surface area contributed by atoms with Crippen LogP contribution >= 0.6 is 0 Å². The van der Waals surface area contributed by atoms with Gasteiger partial charge in [0.15, 0.2) is 11.6 Å². The van der Waals surface area contributed by atoms with Gasteiger partial charge < -0.3 is 9.67 Å². The Morgan fingerprint density at radius 1 is 1.45 bits per heavy atom. The first kappa shape index (κ1) is 13.0. The van der Waals surface area contributed by atoms with Crippen molar-refractivity contribution in [1.82, 2.24) is 9.55 Å². The minimum atomic E-state index is -1.03. The third kappa shape index (κ3) is 1.95. The number of benzene rings is 1. The lowest BCUT2D eigenvalue weighted by Crippen LogP contribution is -2.12. The molecule has 2 aromatic rings. The number of aliphatic carboxylic acids is 1. The highest BCUT2D eigenvalue weighted by Gasteiger charge is 2.49. The molecule has 106 valence electrons. The monoisotopic (exact) mass is 280 g/mol. The van der Waals surface area contributed by atoms with Gasteiger partial charge >= 0.3 is 5.97 Å². The van der Waals surface area contributed by atoms with E-state index in [0.29, 0.717) is 16.9 Å². The molecule has 1 aromatic carbocycles. The van der Waals surface area contributed by atoms with E-state index in [1.807, 2.05) is 0 Å². The highest BCUT2D eigenvalue weighted by molar-refractivity contribution is 5.79. The standard InChI is InChI=1S/C14H14F2N2O2/c1-14(2)5-7(14)13-17-10-3-8(15)9(16)4-11(10)18(13)6-12(19)20/h3-4,7H,5-6H2,1-2H3,(H,19,20). The van der Waals surface area contributed by atoms with Gasteiger partial charge in [0.1, 0.15) is 12.4 Å². The van der Waals surface area contributed by atoms with Gasteiger partial charge in [0.25, 0.3) is 0 Å². The van der Waals surface area contributed by atoms with Crippen molar-refractivity contribution >= 4 is 17.0 Å². The van der Waals surface area contributed by atoms with Crippen molar-refractivity contribution in [3.05, 3.63) is 29.6 Å². The first-order valence-electron chi connectivity index (χ1n) is 6.36. The van der Waals surface area contributed by atoms with E-state index in [0.717, 1.165) is 18.6 Å². The molecular weight excluding hydrogens is 266 g/mol. The van der Waals surface area contributed by atoms with Crippen molar-refractivity contribution in [2.24, 2.45) is 5.41 Å². The first-order chi connectivity index (χ1) is 9.29. The van der Waals surface area contributed by atoms with Crippen molar-refractivity contribution in [3.63, 3.8) is 0 Å². The maximum atomic E-state index is 13.4. The number of carboxylic acids is 1. The Morgan fingerprint density at radius 3 is 2.60 bits per heavy atom. The Hall–Kier alpha value is -1.98. The molecule has 1 heterocycles. The third-order valence-corrected chi connectivity index (χ3v) is 3.94. The average molecular weight is 280 g/mol. The zero-order chi connectivity index (χ0) is 14.7. The molecule has 6 heteroatoms. The van der Waals surface area contributed by atoms with Crippen LogP contribution in [0.3, 0.4) is 0 Å². The Morgan fingerprint density at radius 2 is 2.05 bits per heavy atom. The zero-order valence-corrected chi connectivity index (χ0v) is 11.2. The molecule has 3 rings (SSSR count). The lowest BCUT2D eigenvalue weighted by Gasteiger charge is -2.07. The van der Waals surface area contributed by atoms with E-state index in [9.17, 15) is 13.6 Å². The van der Waals surface area contributed by atoms with E-state index in [1.54, 1.807) is 0 Å². The number of nitrogens with zero attached hydrogens (tertiary/aromatic N) is 2. The van der Waals surface area contributed by atoms with E-state index in [4.69, 9.17) is 5.11 Å². The summed E-state index contributed by atoms with van der Waals surface area (Å²) in [5.74, 6) is -2.28. The van der Waals surface area contributed by atoms with Crippen LogP contribution in [0.1, 0.15) is 32.0 Å². The third-order valence-electron chi connectivity index (χ3n) is 3.94. The van der Waals surface area contributed by atoms with E-state index in [1.165, 1.54) is 4.57 Å². The summed E-state index contributed by atoms with van der Waals surface area (Å²) in [6, 6.07) is 2.03. The van der Waals surface area contributed by atoms with Crippen molar-refractivity contribution < 1.29 is 18.7 Å². The van der Waals surface area contributed by atoms with Gasteiger partial charge in [0, 0.05) is 18.1 Å². The molecule has 20 heavy (non-hydrogen) atoms. The molecule has 1 unspecified atom stereocenters. The minimum Gasteiger partial charge on any atom is -0.480 e. The second-order valence-corrected chi connectivity index (χ2v) is 5.95. The highest BCUT2D eigenvalue weighted by Crippen LogP contribution is 2.58. The Balaban J connectivity index is 2.20. The quantitative estimate of drug-likeness (QED) is 0.940. The second-order valence-electron chi connectivity index (χ2n) is 5.95. The molecule has 0 bridgehead atoms. The van der Waals surface area contributed by atoms with Crippen molar-refractivity contribution in [2.75, 3.05) is 0 Å². The second kappa shape index (κ2) is 4.01. The predicted molar refractivity (Wildman–Crippen MR) is 68.4 cm³/mol. The van der Waals surface area contributed by atoms with Gasteiger partial charge in [-0.25, -0.2) is 13.8 Å². The first-order valence-corrected chi connectivity index (χ1v) is 6.36. The maximum Gasteiger partial charge on any atom is 0.323 e. The lowest BCUT2D eigenvalue weighted by molar-refractivity contribution is -0.137. The fraction of sp³-hybridized carbons (Fsp3) is 0.429. The summed E-state index contributed by atoms with van der Waals surface area (Å²) in [4.78, 5) is 15.3. The Bertz CT molecular complexity index is 722. The van der Waals surface area contributed by atoms with Crippen molar-refractivity contribution in [3.8, 4) is 0 Å². The number of halogens is 2. The maximum absolute atomic E-state index is 13.4. The lowest BCUT2D eigenvalue weighted by atomic mass is 10.1. The Labute approximate surface area is 114 Å². The molecule has 1 fully saturated rings. The normalized spacial score (nSPS) is 20.3. The van der Waals surface area contributed by atoms with Crippen LogP contribution in [0.2, 0.25) is 0 Å². The van der Waals surface area contributed by atoms with Crippen LogP contribution < -0.4 is 0 Å². The molecular formula is C14H14F2N2O2. The summed E-state index contributed by atoms with van der Waals surface area (Å²) in [5, 5.41) is 9.01. The molecule has 1 atom stereocenters. The summed E-state index contributed by atoms with van der Waals surface area (Å²) in [7, 11) is 0. The molecule has 0 aliphatic heterocycles. The van der Waals surface area contributed by atoms with Crippen LogP contribution in [0.25, 0.3) is 11.0 Å². The Kier molecular flexibility index (Phi) is 2.61. The number of imidazole rings is 1. The van der Waals surface area contributed by atoms with Crippen LogP contribution in [0.5, 0.6) is 0 Å². The smallest absolute Gasteiger partial charge is 0.323 e. The van der Waals surface area contributed by atoms with Crippen LogP contribution in [0.4, 0.5) is 8.78 Å². The molecule has 0 amide bonds. The van der Waals surface area contributed by atoms with Crippen LogP contribution in [0.15, 0.2) is 12.1 Å². The molecule has 4 nitrogen and oxygen atoms in total. The summed E-state index contributed by atoms with van der Waals surface area (Å²) >= 11 is 0. The number of rotatable bonds is 3. The van der Waals surface area contributed by atoms with Crippen LogP contribution in [0, 0.1) is 17.0 Å². The fourth-order valence-electron chi connectivity index (χ4n) is 2.61. The SMILES string of the molecule is CC1(C)CC1c1nc2cc(F)c(F)cc2n1CC(=O)O. The number of hydrogen-bond donors (Lipinski definition) is 1. The zero-order valence-electron chi connectivity index (χ0n) is 11.2. The van der Waals surface area contributed by atoms with Crippen LogP contribution in [-0.2, 0) is 11.3 Å². The molecule has 1 aliphatic rings. The largest absolute Gasteiger partial charge is 0.480 e. The van der Waals surface area contributed by atoms with Crippen molar-refractivity contribution in [1.29, 1.82) is 0 Å². The molecule has 0 saturated heterocycles. The van der Waals surface area contributed by atoms with Gasteiger partial charge in [-0.1, -0.05) is 13.8 Å². The number of carboxylic acid groups (broad SMARTS) is 1.